The lowest BCUT2D eigenvalue weighted by atomic mass is 9.78. The Kier molecular flexibility index (Phi) is 7.99. The van der Waals surface area contributed by atoms with Gasteiger partial charge in [-0.05, 0) is 49.1 Å². The molecule has 0 spiro atoms. The highest BCUT2D eigenvalue weighted by atomic mass is 31.2. The van der Waals surface area contributed by atoms with Crippen LogP contribution in [0.2, 0.25) is 0 Å². The van der Waals surface area contributed by atoms with Gasteiger partial charge in [-0.3, -0.25) is 9.32 Å². The second kappa shape index (κ2) is 10.3. The van der Waals surface area contributed by atoms with Gasteiger partial charge in [0.1, 0.15) is 11.5 Å². The molecule has 1 heterocycles. The number of rotatable bonds is 6. The fourth-order valence-corrected chi connectivity index (χ4v) is 5.29. The average Bonchev–Trinajstić information content (AvgIpc) is 2.71. The molecule has 186 valence electrons. The van der Waals surface area contributed by atoms with Crippen molar-refractivity contribution in [3.05, 3.63) is 57.6 Å². The Hall–Kier alpha value is -2.10. The molecule has 3 rings (SSSR count). The number of esters is 1. The third-order valence-electron chi connectivity index (χ3n) is 5.84. The zero-order valence-electron chi connectivity index (χ0n) is 22.1. The van der Waals surface area contributed by atoms with Gasteiger partial charge in [-0.1, -0.05) is 71.4 Å². The number of ether oxygens (including phenoxy) is 1. The highest BCUT2D eigenvalue weighted by Crippen LogP contribution is 2.52. The molecule has 0 N–H and O–H groups in total. The highest BCUT2D eigenvalue weighted by molar-refractivity contribution is 7.42. The van der Waals surface area contributed by atoms with Crippen LogP contribution in [0.25, 0.3) is 0 Å². The Labute approximate surface area is 206 Å². The van der Waals surface area contributed by atoms with Crippen LogP contribution in [0.5, 0.6) is 11.5 Å². The van der Waals surface area contributed by atoms with Gasteiger partial charge in [0.25, 0.3) is 0 Å². The zero-order valence-corrected chi connectivity index (χ0v) is 23.0. The lowest BCUT2D eigenvalue weighted by Crippen LogP contribution is -2.21. The molecule has 0 saturated carbocycles. The number of aryl methyl sites for hydroxylation is 3. The first kappa shape index (κ1) is 26.5. The van der Waals surface area contributed by atoms with Gasteiger partial charge in [0.15, 0.2) is 0 Å². The maximum absolute atomic E-state index is 12.0. The van der Waals surface area contributed by atoms with Crippen LogP contribution in [0, 0.1) is 13.8 Å². The minimum Gasteiger partial charge on any atom is -0.466 e. The summed E-state index contributed by atoms with van der Waals surface area (Å²) in [4.78, 5) is 12.0. The van der Waals surface area contributed by atoms with Crippen molar-refractivity contribution in [2.24, 2.45) is 0 Å². The van der Waals surface area contributed by atoms with E-state index in [2.05, 4.69) is 79.7 Å². The Morgan fingerprint density at radius 3 is 2.18 bits per heavy atom. The van der Waals surface area contributed by atoms with E-state index in [1.807, 2.05) is 6.92 Å². The highest BCUT2D eigenvalue weighted by Gasteiger charge is 2.33. The van der Waals surface area contributed by atoms with E-state index in [-0.39, 0.29) is 16.8 Å². The molecule has 0 aromatic heterocycles. The molecule has 0 radical (unpaired) electrons. The second-order valence-corrected chi connectivity index (χ2v) is 12.1. The Morgan fingerprint density at radius 2 is 1.62 bits per heavy atom. The summed E-state index contributed by atoms with van der Waals surface area (Å²) in [6.45, 7) is 19.9. The molecule has 0 saturated heterocycles. The SMILES string of the molecule is CCOC(=O)CCc1cc(C(C)(C)C)c(OP2OCc3cc(C)cc(C)c3O2)c(C(C)(C)C)c1. The summed E-state index contributed by atoms with van der Waals surface area (Å²) >= 11 is 0. The summed E-state index contributed by atoms with van der Waals surface area (Å²) < 4.78 is 24.0. The molecule has 0 fully saturated rings. The van der Waals surface area contributed by atoms with Crippen LogP contribution in [0.15, 0.2) is 24.3 Å². The number of benzene rings is 2. The van der Waals surface area contributed by atoms with Crippen molar-refractivity contribution in [1.82, 2.24) is 0 Å². The third-order valence-corrected chi connectivity index (χ3v) is 6.84. The smallest absolute Gasteiger partial charge is 0.463 e. The van der Waals surface area contributed by atoms with Gasteiger partial charge >= 0.3 is 14.6 Å². The van der Waals surface area contributed by atoms with Gasteiger partial charge < -0.3 is 13.8 Å². The van der Waals surface area contributed by atoms with Crippen molar-refractivity contribution in [3.8, 4) is 11.5 Å². The summed E-state index contributed by atoms with van der Waals surface area (Å²) in [5.74, 6) is 1.51. The van der Waals surface area contributed by atoms with E-state index in [1.54, 1.807) is 0 Å². The van der Waals surface area contributed by atoms with Crippen molar-refractivity contribution in [1.29, 1.82) is 0 Å². The van der Waals surface area contributed by atoms with Gasteiger partial charge in [0, 0.05) is 23.1 Å². The molecule has 1 unspecified atom stereocenters. The zero-order chi connectivity index (χ0) is 25.3. The first-order chi connectivity index (χ1) is 15.8. The molecule has 2 aromatic rings. The molecule has 2 aromatic carbocycles. The van der Waals surface area contributed by atoms with E-state index in [0.29, 0.717) is 26.1 Å². The Balaban J connectivity index is 1.99. The topological polar surface area (TPSA) is 54.0 Å². The monoisotopic (exact) mass is 486 g/mol. The van der Waals surface area contributed by atoms with Crippen molar-refractivity contribution >= 4 is 14.6 Å². The number of carbonyl (C=O) groups excluding carboxylic acids is 1. The van der Waals surface area contributed by atoms with Gasteiger partial charge in [-0.15, -0.1) is 0 Å². The molecule has 34 heavy (non-hydrogen) atoms. The minimum atomic E-state index is -1.59. The third kappa shape index (κ3) is 6.31. The quantitative estimate of drug-likeness (QED) is 0.311. The largest absolute Gasteiger partial charge is 0.466 e. The molecule has 0 bridgehead atoms. The molecule has 6 heteroatoms. The van der Waals surface area contributed by atoms with Crippen molar-refractivity contribution in [2.75, 3.05) is 6.61 Å². The van der Waals surface area contributed by atoms with Crippen LogP contribution >= 0.6 is 8.60 Å². The van der Waals surface area contributed by atoms with Crippen LogP contribution in [-0.4, -0.2) is 12.6 Å². The fraction of sp³-hybridized carbons (Fsp3) is 0.536. The van der Waals surface area contributed by atoms with E-state index in [9.17, 15) is 4.79 Å². The first-order valence-electron chi connectivity index (χ1n) is 12.0. The van der Waals surface area contributed by atoms with Crippen LogP contribution in [0.1, 0.15) is 88.3 Å². The average molecular weight is 487 g/mol. The maximum atomic E-state index is 12.0. The van der Waals surface area contributed by atoms with Crippen LogP contribution < -0.4 is 9.05 Å². The number of hydrogen-bond donors (Lipinski definition) is 0. The Morgan fingerprint density at radius 1 is 1.00 bits per heavy atom. The van der Waals surface area contributed by atoms with Gasteiger partial charge in [-0.25, -0.2) is 0 Å². The van der Waals surface area contributed by atoms with Crippen LogP contribution in [0.4, 0.5) is 0 Å². The molecule has 1 atom stereocenters. The number of hydrogen-bond acceptors (Lipinski definition) is 5. The van der Waals surface area contributed by atoms with E-state index < -0.39 is 8.60 Å². The summed E-state index contributed by atoms with van der Waals surface area (Å²) in [6.07, 6.45) is 0.981. The van der Waals surface area contributed by atoms with E-state index in [4.69, 9.17) is 18.3 Å². The lowest BCUT2D eigenvalue weighted by Gasteiger charge is -2.33. The summed E-state index contributed by atoms with van der Waals surface area (Å²) in [6, 6.07) is 8.54. The standard InChI is InChI=1S/C28H39O5P/c1-10-30-24(29)12-11-20-15-22(27(4,5)6)26(23(16-20)28(7,8)9)33-34-31-17-21-14-18(2)13-19(3)25(21)32-34/h13-16H,10-12,17H2,1-9H3. The van der Waals surface area contributed by atoms with Crippen LogP contribution in [-0.2, 0) is 37.9 Å². The van der Waals surface area contributed by atoms with Crippen LogP contribution in [0.3, 0.4) is 0 Å². The molecule has 0 amide bonds. The molecular weight excluding hydrogens is 447 g/mol. The first-order valence-corrected chi connectivity index (χ1v) is 13.1. The van der Waals surface area contributed by atoms with E-state index in [1.165, 1.54) is 5.56 Å². The molecule has 1 aliphatic heterocycles. The predicted octanol–water partition coefficient (Wildman–Crippen LogP) is 7.61. The number of carbonyl (C=O) groups is 1. The lowest BCUT2D eigenvalue weighted by molar-refractivity contribution is -0.143. The van der Waals surface area contributed by atoms with Gasteiger partial charge in [-0.2, -0.15) is 0 Å². The molecule has 5 nitrogen and oxygen atoms in total. The Bertz CT molecular complexity index is 1010. The van der Waals surface area contributed by atoms with Gasteiger partial charge in [0.05, 0.1) is 13.2 Å². The van der Waals surface area contributed by atoms with Crippen molar-refractivity contribution < 1.29 is 23.1 Å². The van der Waals surface area contributed by atoms with E-state index >= 15 is 0 Å². The molecule has 1 aliphatic rings. The van der Waals surface area contributed by atoms with Gasteiger partial charge in [0.2, 0.25) is 0 Å². The molecular formula is C28H39O5P. The summed E-state index contributed by atoms with van der Waals surface area (Å²) in [5.41, 5.74) is 6.26. The second-order valence-electron chi connectivity index (χ2n) is 11.1. The van der Waals surface area contributed by atoms with Crippen molar-refractivity contribution in [3.63, 3.8) is 0 Å². The van der Waals surface area contributed by atoms with Crippen molar-refractivity contribution in [2.45, 2.75) is 92.6 Å². The predicted molar refractivity (Wildman–Crippen MR) is 138 cm³/mol. The number of fused-ring (bicyclic) bond motifs is 1. The summed E-state index contributed by atoms with van der Waals surface area (Å²) in [5, 5.41) is 0. The van der Waals surface area contributed by atoms with E-state index in [0.717, 1.165) is 39.3 Å². The maximum Gasteiger partial charge on any atom is 0.463 e. The summed E-state index contributed by atoms with van der Waals surface area (Å²) in [7, 11) is -1.59. The molecule has 0 aliphatic carbocycles. The normalized spacial score (nSPS) is 16.0. The fourth-order valence-electron chi connectivity index (χ4n) is 4.15. The minimum absolute atomic E-state index is 0.172.